The van der Waals surface area contributed by atoms with Crippen LogP contribution in [-0.2, 0) is 33.6 Å². The number of ether oxygens (including phenoxy) is 2. The molecule has 6 rings (SSSR count). The molecule has 8 heteroatoms. The Balaban J connectivity index is 1.44. The normalized spacial score (nSPS) is 45.2. The zero-order chi connectivity index (χ0) is 21.4. The highest BCUT2D eigenvalue weighted by atomic mass is 32.2. The average molecular weight is 439 g/mol. The van der Waals surface area contributed by atoms with Gasteiger partial charge in [-0.3, -0.25) is 4.18 Å². The molecule has 1 spiro atoms. The molecular weight excluding hydrogens is 408 g/mol. The van der Waals surface area contributed by atoms with E-state index in [0.717, 1.165) is 31.2 Å². The maximum absolute atomic E-state index is 12.8. The van der Waals surface area contributed by atoms with Crippen LogP contribution in [0.25, 0.3) is 0 Å². The van der Waals surface area contributed by atoms with Crippen molar-refractivity contribution in [3.8, 4) is 0 Å². The molecule has 1 aromatic rings. The van der Waals surface area contributed by atoms with E-state index in [2.05, 4.69) is 6.92 Å². The zero-order valence-corrected chi connectivity index (χ0v) is 18.7. The van der Waals surface area contributed by atoms with Crippen molar-refractivity contribution < 1.29 is 31.8 Å². The third-order valence-electron chi connectivity index (χ3n) is 7.64. The van der Waals surface area contributed by atoms with Crippen molar-refractivity contribution in [2.75, 3.05) is 6.61 Å². The molecule has 0 N–H and O–H groups in total. The maximum Gasteiger partial charge on any atom is 0.297 e. The SMILES string of the molecule is Cc1ccc(S(=O)(=O)OC[C@@]2(C)O[C@@H]3O[C@]4(C)CCC5[C@H](C)CC[C@@H]2[C@]53OO4)cc1. The fourth-order valence-electron chi connectivity index (χ4n) is 5.91. The zero-order valence-electron chi connectivity index (χ0n) is 17.9. The Hall–Kier alpha value is -1.03. The number of rotatable bonds is 4. The van der Waals surface area contributed by atoms with Gasteiger partial charge in [0.15, 0.2) is 11.9 Å². The van der Waals surface area contributed by atoms with Gasteiger partial charge >= 0.3 is 0 Å². The third kappa shape index (κ3) is 2.99. The second kappa shape index (κ2) is 6.73. The molecule has 4 saturated heterocycles. The first kappa shape index (κ1) is 20.8. The van der Waals surface area contributed by atoms with Crippen LogP contribution in [0.15, 0.2) is 29.2 Å². The smallest absolute Gasteiger partial charge is 0.297 e. The van der Waals surface area contributed by atoms with Crippen molar-refractivity contribution in [1.82, 2.24) is 0 Å². The van der Waals surface area contributed by atoms with Gasteiger partial charge in [0, 0.05) is 12.3 Å². The quantitative estimate of drug-likeness (QED) is 0.524. The number of aryl methyl sites for hydroxylation is 1. The lowest BCUT2D eigenvalue weighted by Crippen LogP contribution is -2.62. The van der Waals surface area contributed by atoms with Gasteiger partial charge in [0.25, 0.3) is 10.1 Å². The minimum Gasteiger partial charge on any atom is -0.340 e. The van der Waals surface area contributed by atoms with Gasteiger partial charge in [0.05, 0.1) is 17.1 Å². The molecule has 4 heterocycles. The molecule has 1 saturated carbocycles. The molecule has 0 aromatic heterocycles. The van der Waals surface area contributed by atoms with Crippen LogP contribution in [0.3, 0.4) is 0 Å². The molecule has 0 radical (unpaired) electrons. The van der Waals surface area contributed by atoms with E-state index in [-0.39, 0.29) is 23.3 Å². The second-order valence-corrected chi connectivity index (χ2v) is 11.4. The molecule has 0 amide bonds. The van der Waals surface area contributed by atoms with Crippen molar-refractivity contribution in [2.45, 2.75) is 81.6 Å². The fourth-order valence-corrected chi connectivity index (χ4v) is 6.91. The molecule has 30 heavy (non-hydrogen) atoms. The Morgan fingerprint density at radius 3 is 2.53 bits per heavy atom. The van der Waals surface area contributed by atoms with Gasteiger partial charge in [-0.2, -0.15) is 8.42 Å². The van der Waals surface area contributed by atoms with Crippen LogP contribution in [0.2, 0.25) is 0 Å². The van der Waals surface area contributed by atoms with Crippen molar-refractivity contribution in [3.63, 3.8) is 0 Å². The first-order valence-corrected chi connectivity index (χ1v) is 12.2. The van der Waals surface area contributed by atoms with E-state index in [9.17, 15) is 8.42 Å². The van der Waals surface area contributed by atoms with Crippen molar-refractivity contribution in [1.29, 1.82) is 0 Å². The standard InChI is InChI=1S/C22H30O7S/c1-14-5-8-16(9-6-14)30(23,24)25-13-20(3)18-10-7-15(2)17-11-12-21(4)27-19(26-20)22(17,18)29-28-21/h5-6,8-9,15,17-19H,7,10-13H2,1-4H3/t15-,17?,18+,19-,20-,21+,22-/m1/s1. The summed E-state index contributed by atoms with van der Waals surface area (Å²) >= 11 is 0. The van der Waals surface area contributed by atoms with Gasteiger partial charge in [-0.15, -0.1) is 0 Å². The number of benzene rings is 1. The second-order valence-electron chi connectivity index (χ2n) is 9.82. The lowest BCUT2D eigenvalue weighted by atomic mass is 9.60. The summed E-state index contributed by atoms with van der Waals surface area (Å²) in [4.78, 5) is 12.0. The van der Waals surface area contributed by atoms with Crippen LogP contribution < -0.4 is 0 Å². The first-order chi connectivity index (χ1) is 14.1. The summed E-state index contributed by atoms with van der Waals surface area (Å²) in [5, 5.41) is 0. The van der Waals surface area contributed by atoms with Crippen LogP contribution in [0.4, 0.5) is 0 Å². The minimum absolute atomic E-state index is 0.0907. The Morgan fingerprint density at radius 2 is 1.80 bits per heavy atom. The molecule has 166 valence electrons. The minimum atomic E-state index is -3.90. The molecule has 7 atom stereocenters. The molecule has 2 bridgehead atoms. The predicted octanol–water partition coefficient (Wildman–Crippen LogP) is 3.70. The molecule has 1 aromatic carbocycles. The van der Waals surface area contributed by atoms with Crippen molar-refractivity contribution in [2.24, 2.45) is 17.8 Å². The third-order valence-corrected chi connectivity index (χ3v) is 8.92. The maximum atomic E-state index is 12.8. The van der Waals surface area contributed by atoms with Crippen LogP contribution >= 0.6 is 0 Å². The summed E-state index contributed by atoms with van der Waals surface area (Å²) < 4.78 is 43.8. The first-order valence-electron chi connectivity index (χ1n) is 10.8. The fraction of sp³-hybridized carbons (Fsp3) is 0.727. The van der Waals surface area contributed by atoms with E-state index in [1.807, 2.05) is 20.8 Å². The summed E-state index contributed by atoms with van der Waals surface area (Å²) in [6, 6.07) is 6.64. The topological polar surface area (TPSA) is 80.3 Å². The van der Waals surface area contributed by atoms with Crippen molar-refractivity contribution in [3.05, 3.63) is 29.8 Å². The van der Waals surface area contributed by atoms with Crippen LogP contribution in [0.5, 0.6) is 0 Å². The number of fused-ring (bicyclic) bond motifs is 2. The highest BCUT2D eigenvalue weighted by Gasteiger charge is 2.74. The Labute approximate surface area is 178 Å². The summed E-state index contributed by atoms with van der Waals surface area (Å²) in [5.74, 6) is -0.273. The van der Waals surface area contributed by atoms with Gasteiger partial charge in [-0.05, 0) is 64.0 Å². The van der Waals surface area contributed by atoms with E-state index < -0.39 is 33.4 Å². The van der Waals surface area contributed by atoms with E-state index >= 15 is 0 Å². The highest BCUT2D eigenvalue weighted by Crippen LogP contribution is 2.63. The number of hydrogen-bond acceptors (Lipinski definition) is 7. The monoisotopic (exact) mass is 438 g/mol. The molecule has 7 nitrogen and oxygen atoms in total. The van der Waals surface area contributed by atoms with E-state index in [1.54, 1.807) is 24.3 Å². The molecule has 4 aliphatic heterocycles. The van der Waals surface area contributed by atoms with Crippen LogP contribution in [-0.4, -0.2) is 38.3 Å². The van der Waals surface area contributed by atoms with Gasteiger partial charge < -0.3 is 9.47 Å². The van der Waals surface area contributed by atoms with E-state index in [4.69, 9.17) is 23.4 Å². The van der Waals surface area contributed by atoms with Crippen LogP contribution in [0, 0.1) is 24.7 Å². The molecule has 5 fully saturated rings. The van der Waals surface area contributed by atoms with Gasteiger partial charge in [0.1, 0.15) is 0 Å². The van der Waals surface area contributed by atoms with E-state index in [1.165, 1.54) is 0 Å². The highest BCUT2D eigenvalue weighted by molar-refractivity contribution is 7.86. The summed E-state index contributed by atoms with van der Waals surface area (Å²) in [6.07, 6.45) is 2.92. The average Bonchev–Trinajstić information content (AvgIpc) is 2.78. The molecule has 1 aliphatic carbocycles. The number of hydrogen-bond donors (Lipinski definition) is 0. The molecular formula is C22H30O7S. The van der Waals surface area contributed by atoms with Gasteiger partial charge in [-0.1, -0.05) is 24.6 Å². The van der Waals surface area contributed by atoms with E-state index in [0.29, 0.717) is 5.92 Å². The summed E-state index contributed by atoms with van der Waals surface area (Å²) in [5.41, 5.74) is -0.619. The van der Waals surface area contributed by atoms with Gasteiger partial charge in [-0.25, -0.2) is 9.78 Å². The Bertz CT molecular complexity index is 931. The largest absolute Gasteiger partial charge is 0.340 e. The summed E-state index contributed by atoms with van der Waals surface area (Å²) in [6.45, 7) is 7.82. The van der Waals surface area contributed by atoms with Gasteiger partial charge in [0.2, 0.25) is 5.79 Å². The summed E-state index contributed by atoms with van der Waals surface area (Å²) in [7, 11) is -3.90. The Kier molecular flexibility index (Phi) is 4.68. The lowest BCUT2D eigenvalue weighted by Gasteiger charge is -2.50. The van der Waals surface area contributed by atoms with Crippen molar-refractivity contribution >= 4 is 10.1 Å². The van der Waals surface area contributed by atoms with Crippen LogP contribution in [0.1, 0.15) is 52.0 Å². The molecule has 1 unspecified atom stereocenters. The predicted molar refractivity (Wildman–Crippen MR) is 107 cm³/mol. The lowest BCUT2D eigenvalue weighted by molar-refractivity contribution is -0.541. The Morgan fingerprint density at radius 1 is 1.07 bits per heavy atom. The molecule has 5 aliphatic rings.